The number of imidazole rings is 1. The Labute approximate surface area is 157 Å². The van der Waals surface area contributed by atoms with E-state index in [0.717, 1.165) is 11.3 Å². The van der Waals surface area contributed by atoms with Gasteiger partial charge in [0, 0.05) is 5.56 Å². The first-order valence-electron chi connectivity index (χ1n) is 8.56. The third kappa shape index (κ3) is 1.94. The second-order valence-electron chi connectivity index (χ2n) is 6.38. The van der Waals surface area contributed by atoms with Crippen LogP contribution in [0.4, 0.5) is 16.2 Å². The van der Waals surface area contributed by atoms with Crippen LogP contribution in [0.2, 0.25) is 0 Å². The second kappa shape index (κ2) is 5.28. The van der Waals surface area contributed by atoms with Gasteiger partial charge in [-0.05, 0) is 31.2 Å². The number of hydrogen-bond acceptors (Lipinski definition) is 8. The maximum Gasteiger partial charge on any atom is 0.345 e. The van der Waals surface area contributed by atoms with E-state index >= 15 is 0 Å². The Morgan fingerprint density at radius 2 is 2.04 bits per heavy atom. The lowest BCUT2D eigenvalue weighted by molar-refractivity contribution is 0.414. The molecule has 0 aliphatic carbocycles. The monoisotopic (exact) mass is 377 g/mol. The molecule has 0 radical (unpaired) electrons. The topological polar surface area (TPSA) is 88.7 Å². The van der Waals surface area contributed by atoms with Crippen LogP contribution in [-0.4, -0.2) is 32.2 Å². The van der Waals surface area contributed by atoms with E-state index in [1.165, 1.54) is 10.8 Å². The van der Waals surface area contributed by atoms with Crippen molar-refractivity contribution >= 4 is 17.7 Å². The van der Waals surface area contributed by atoms with Crippen molar-refractivity contribution in [1.82, 2.24) is 19.7 Å². The quantitative estimate of drug-likeness (QED) is 0.531. The number of aryl methyl sites for hydroxylation is 1. The summed E-state index contributed by atoms with van der Waals surface area (Å²) in [5.74, 6) is 2.75. The lowest BCUT2D eigenvalue weighted by atomic mass is 10.1. The molecule has 0 fully saturated rings. The number of benzene rings is 1. The van der Waals surface area contributed by atoms with Gasteiger partial charge in [0.2, 0.25) is 5.82 Å². The van der Waals surface area contributed by atoms with Crippen molar-refractivity contribution in [3.63, 3.8) is 0 Å². The Hall–Kier alpha value is -3.95. The Morgan fingerprint density at radius 1 is 1.14 bits per heavy atom. The summed E-state index contributed by atoms with van der Waals surface area (Å²) in [7, 11) is 0. The molecule has 0 amide bonds. The van der Waals surface area contributed by atoms with E-state index in [9.17, 15) is 4.39 Å². The fourth-order valence-electron chi connectivity index (χ4n) is 3.48. The van der Waals surface area contributed by atoms with Crippen LogP contribution < -0.4 is 10.0 Å². The Kier molecular flexibility index (Phi) is 2.86. The minimum Gasteiger partial charge on any atom is -0.458 e. The van der Waals surface area contributed by atoms with Crippen LogP contribution >= 0.6 is 0 Å². The van der Waals surface area contributed by atoms with Crippen molar-refractivity contribution in [2.75, 3.05) is 16.7 Å². The predicted molar refractivity (Wildman–Crippen MR) is 96.6 cm³/mol. The summed E-state index contributed by atoms with van der Waals surface area (Å²) in [6.07, 6.45) is 0.845. The maximum absolute atomic E-state index is 14.4. The molecule has 0 spiro atoms. The Balaban J connectivity index is 1.46. The van der Waals surface area contributed by atoms with Crippen molar-refractivity contribution in [2.24, 2.45) is 4.99 Å². The number of hydrazine groups is 1. The largest absolute Gasteiger partial charge is 0.458 e. The minimum atomic E-state index is -0.606. The lowest BCUT2D eigenvalue weighted by Gasteiger charge is -2.32. The van der Waals surface area contributed by atoms with Gasteiger partial charge in [-0.2, -0.15) is 9.37 Å². The summed E-state index contributed by atoms with van der Waals surface area (Å²) < 4.78 is 26.8. The molecule has 138 valence electrons. The molecule has 0 saturated carbocycles. The number of fused-ring (bicyclic) bond motifs is 6. The minimum absolute atomic E-state index is 0.218. The van der Waals surface area contributed by atoms with Gasteiger partial charge >= 0.3 is 6.01 Å². The smallest absolute Gasteiger partial charge is 0.345 e. The molecule has 0 bridgehead atoms. The zero-order valence-corrected chi connectivity index (χ0v) is 14.6. The van der Waals surface area contributed by atoms with Crippen molar-refractivity contribution in [2.45, 2.75) is 6.92 Å². The first-order chi connectivity index (χ1) is 13.7. The molecule has 28 heavy (non-hydrogen) atoms. The molecule has 3 aromatic heterocycles. The summed E-state index contributed by atoms with van der Waals surface area (Å²) in [5.41, 5.74) is 1.47. The molecule has 0 saturated heterocycles. The highest BCUT2D eigenvalue weighted by molar-refractivity contribution is 6.16. The average Bonchev–Trinajstić information content (AvgIpc) is 3.47. The number of rotatable bonds is 2. The summed E-state index contributed by atoms with van der Waals surface area (Å²) >= 11 is 0. The molecular weight excluding hydrogens is 365 g/mol. The van der Waals surface area contributed by atoms with Crippen LogP contribution in [0, 0.1) is 13.0 Å². The van der Waals surface area contributed by atoms with Crippen LogP contribution in [0.5, 0.6) is 0 Å². The number of aromatic nitrogens is 4. The van der Waals surface area contributed by atoms with Gasteiger partial charge in [-0.1, -0.05) is 17.3 Å². The third-order valence-electron chi connectivity index (χ3n) is 4.70. The number of furan rings is 1. The lowest BCUT2D eigenvalue weighted by Crippen LogP contribution is -2.45. The van der Waals surface area contributed by atoms with Gasteiger partial charge in [0.05, 0.1) is 11.9 Å². The van der Waals surface area contributed by atoms with Gasteiger partial charge in [-0.25, -0.2) is 20.0 Å². The van der Waals surface area contributed by atoms with E-state index in [-0.39, 0.29) is 12.7 Å². The number of hydrogen-bond donors (Lipinski definition) is 0. The van der Waals surface area contributed by atoms with E-state index in [4.69, 9.17) is 8.94 Å². The maximum atomic E-state index is 14.4. The molecular formula is C18H12FN7O2. The normalized spacial score (nSPS) is 14.7. The predicted octanol–water partition coefficient (Wildman–Crippen LogP) is 2.92. The first-order valence-corrected chi connectivity index (χ1v) is 8.56. The van der Waals surface area contributed by atoms with E-state index in [2.05, 4.69) is 20.1 Å². The standard InChI is InChI=1S/C18H12FN7O2/c1-10-6-7-13(27-10)15-22-18(28-23-15)24-9-21-16-11-4-2-3-5-12(11)25-14(26(16)24)8-20-17(25)19/h2-8H,9H2,1H3. The van der Waals surface area contributed by atoms with Crippen LogP contribution in [0.1, 0.15) is 11.3 Å². The van der Waals surface area contributed by atoms with Crippen molar-refractivity contribution in [3.05, 3.63) is 60.0 Å². The Morgan fingerprint density at radius 3 is 2.89 bits per heavy atom. The number of aliphatic imine (C=N–C) groups is 1. The summed E-state index contributed by atoms with van der Waals surface area (Å²) in [4.78, 5) is 12.9. The van der Waals surface area contributed by atoms with E-state index in [1.54, 1.807) is 16.1 Å². The number of para-hydroxylation sites is 1. The van der Waals surface area contributed by atoms with E-state index < -0.39 is 6.08 Å². The van der Waals surface area contributed by atoms with Crippen LogP contribution in [0.25, 0.3) is 17.3 Å². The van der Waals surface area contributed by atoms with Gasteiger partial charge in [0.25, 0.3) is 6.08 Å². The van der Waals surface area contributed by atoms with Crippen LogP contribution in [0.3, 0.4) is 0 Å². The number of halogens is 1. The van der Waals surface area contributed by atoms with E-state index in [0.29, 0.717) is 28.9 Å². The van der Waals surface area contributed by atoms with Crippen molar-refractivity contribution < 1.29 is 13.3 Å². The first kappa shape index (κ1) is 15.1. The zero-order valence-electron chi connectivity index (χ0n) is 14.6. The summed E-state index contributed by atoms with van der Waals surface area (Å²) in [6.45, 7) is 2.08. The fourth-order valence-corrected chi connectivity index (χ4v) is 3.48. The van der Waals surface area contributed by atoms with Crippen LogP contribution in [-0.2, 0) is 0 Å². The van der Waals surface area contributed by atoms with Gasteiger partial charge in [-0.15, -0.1) is 0 Å². The molecule has 6 rings (SSSR count). The summed E-state index contributed by atoms with van der Waals surface area (Å²) in [5, 5.41) is 7.39. The second-order valence-corrected chi connectivity index (χ2v) is 6.38. The van der Waals surface area contributed by atoms with Crippen molar-refractivity contribution in [1.29, 1.82) is 0 Å². The van der Waals surface area contributed by atoms with Gasteiger partial charge in [0.1, 0.15) is 12.4 Å². The number of anilines is 2. The highest BCUT2D eigenvalue weighted by atomic mass is 19.1. The Bertz CT molecular complexity index is 1250. The molecule has 9 nitrogen and oxygen atoms in total. The van der Waals surface area contributed by atoms with Gasteiger partial charge in [0.15, 0.2) is 17.4 Å². The van der Waals surface area contributed by atoms with E-state index in [1.807, 2.05) is 37.3 Å². The molecule has 1 aromatic carbocycles. The molecule has 2 aliphatic heterocycles. The van der Waals surface area contributed by atoms with Crippen molar-refractivity contribution in [3.8, 4) is 17.3 Å². The molecule has 0 atom stereocenters. The number of nitrogens with zero attached hydrogens (tertiary/aromatic N) is 7. The zero-order chi connectivity index (χ0) is 18.8. The average molecular weight is 377 g/mol. The molecule has 2 aliphatic rings. The fraction of sp³-hybridized carbons (Fsp3) is 0.111. The molecule has 4 aromatic rings. The highest BCUT2D eigenvalue weighted by Crippen LogP contribution is 2.37. The molecule has 10 heteroatoms. The van der Waals surface area contributed by atoms with Gasteiger partial charge in [-0.3, -0.25) is 4.57 Å². The molecule has 0 unspecified atom stereocenters. The number of amidine groups is 1. The highest BCUT2D eigenvalue weighted by Gasteiger charge is 2.39. The van der Waals surface area contributed by atoms with Gasteiger partial charge < -0.3 is 8.94 Å². The van der Waals surface area contributed by atoms with Crippen LogP contribution in [0.15, 0.2) is 56.5 Å². The molecule has 0 N–H and O–H groups in total. The molecule has 5 heterocycles. The third-order valence-corrected chi connectivity index (χ3v) is 4.70. The SMILES string of the molecule is Cc1ccc(-c2noc(N3CN=C4c5ccccc5-n5c(cnc5F)N43)n2)o1. The summed E-state index contributed by atoms with van der Waals surface area (Å²) in [6, 6.07) is 11.3.